The van der Waals surface area contributed by atoms with E-state index < -0.39 is 21.2 Å². The van der Waals surface area contributed by atoms with E-state index in [0.29, 0.717) is 0 Å². The topological polar surface area (TPSA) is 85.6 Å². The molecular weight excluding hydrogens is 306 g/mol. The van der Waals surface area contributed by atoms with Crippen molar-refractivity contribution in [3.63, 3.8) is 0 Å². The van der Waals surface area contributed by atoms with Gasteiger partial charge < -0.3 is 14.5 Å². The summed E-state index contributed by atoms with van der Waals surface area (Å²) in [4.78, 5) is 11.6. The Balaban J connectivity index is 2.27. The number of carbonyl (C=O) groups is 1. The maximum atomic E-state index is 12.7. The fourth-order valence-corrected chi connectivity index (χ4v) is 3.58. The third-order valence-electron chi connectivity index (χ3n) is 3.01. The highest BCUT2D eigenvalue weighted by Crippen LogP contribution is 2.28. The Morgan fingerprint density at radius 3 is 2.55 bits per heavy atom. The predicted molar refractivity (Wildman–Crippen MR) is 80.1 cm³/mol. The Bertz CT molecular complexity index is 695. The highest BCUT2D eigenvalue weighted by atomic mass is 32.2. The van der Waals surface area contributed by atoms with Gasteiger partial charge in [0.2, 0.25) is 0 Å². The molecule has 0 aliphatic rings. The van der Waals surface area contributed by atoms with Gasteiger partial charge in [0.25, 0.3) is 0 Å². The number of sulfone groups is 1. The van der Waals surface area contributed by atoms with Crippen molar-refractivity contribution in [3.05, 3.63) is 54.5 Å². The summed E-state index contributed by atoms with van der Waals surface area (Å²) in [7, 11) is -3.70. The van der Waals surface area contributed by atoms with Gasteiger partial charge in [0.05, 0.1) is 17.8 Å². The molecule has 0 saturated heterocycles. The van der Waals surface area contributed by atoms with Crippen LogP contribution in [0.25, 0.3) is 0 Å². The van der Waals surface area contributed by atoms with Crippen molar-refractivity contribution < 1.29 is 22.4 Å². The lowest BCUT2D eigenvalue weighted by molar-refractivity contribution is 0.152. The number of ether oxygens (including phenoxy) is 1. The van der Waals surface area contributed by atoms with Gasteiger partial charge in [0.15, 0.2) is 9.84 Å². The van der Waals surface area contributed by atoms with Crippen LogP contribution in [0.1, 0.15) is 17.9 Å². The first-order valence-corrected chi connectivity index (χ1v) is 8.33. The summed E-state index contributed by atoms with van der Waals surface area (Å²) in [6.07, 6.45) is 0.732. The Hall–Kier alpha value is -2.28. The van der Waals surface area contributed by atoms with E-state index >= 15 is 0 Å². The number of hydrogen-bond acceptors (Lipinski definition) is 5. The summed E-state index contributed by atoms with van der Waals surface area (Å²) in [6, 6.07) is 11.2. The van der Waals surface area contributed by atoms with Gasteiger partial charge in [-0.2, -0.15) is 0 Å². The highest BCUT2D eigenvalue weighted by Gasteiger charge is 2.31. The number of furan rings is 1. The molecule has 1 unspecified atom stereocenters. The molecule has 0 aliphatic carbocycles. The lowest BCUT2D eigenvalue weighted by atomic mass is 10.3. The van der Waals surface area contributed by atoms with Crippen molar-refractivity contribution in [2.45, 2.75) is 17.1 Å². The second-order valence-electron chi connectivity index (χ2n) is 4.46. The molecular formula is C15H17NO5S. The quantitative estimate of drug-likeness (QED) is 0.883. The van der Waals surface area contributed by atoms with Gasteiger partial charge >= 0.3 is 6.09 Å². The summed E-state index contributed by atoms with van der Waals surface area (Å²) in [6.45, 7) is 1.75. The number of rotatable bonds is 6. The average Bonchev–Trinajstić information content (AvgIpc) is 3.02. The zero-order chi connectivity index (χ0) is 16.0. The first-order chi connectivity index (χ1) is 10.6. The fourth-order valence-electron chi connectivity index (χ4n) is 1.97. The molecule has 2 aromatic rings. The molecule has 1 aromatic carbocycles. The molecule has 0 bridgehead atoms. The first-order valence-electron chi connectivity index (χ1n) is 6.78. The van der Waals surface area contributed by atoms with Crippen LogP contribution >= 0.6 is 0 Å². The standard InChI is InChI=1S/C15H17NO5S/c1-2-20-15(17)16-11-14(13-9-6-10-21-13)22(18,19)12-7-4-3-5-8-12/h3-10,14H,2,11H2,1H3,(H,16,17). The van der Waals surface area contributed by atoms with Gasteiger partial charge in [-0.3, -0.25) is 0 Å². The molecule has 6 nitrogen and oxygen atoms in total. The van der Waals surface area contributed by atoms with Crippen LogP contribution in [0.15, 0.2) is 58.0 Å². The van der Waals surface area contributed by atoms with E-state index in [0.717, 1.165) is 0 Å². The number of benzene rings is 1. The summed E-state index contributed by atoms with van der Waals surface area (Å²) in [5.41, 5.74) is 0. The monoisotopic (exact) mass is 323 g/mol. The van der Waals surface area contributed by atoms with Crippen LogP contribution in [-0.4, -0.2) is 27.7 Å². The molecule has 0 spiro atoms. The first kappa shape index (κ1) is 16.1. The number of hydrogen-bond donors (Lipinski definition) is 1. The van der Waals surface area contributed by atoms with E-state index in [9.17, 15) is 13.2 Å². The summed E-state index contributed by atoms with van der Waals surface area (Å²) in [5.74, 6) is 0.264. The van der Waals surface area contributed by atoms with Crippen LogP contribution < -0.4 is 5.32 Å². The molecule has 0 aliphatic heterocycles. The zero-order valence-electron chi connectivity index (χ0n) is 12.1. The maximum Gasteiger partial charge on any atom is 0.407 e. The Morgan fingerprint density at radius 2 is 1.95 bits per heavy atom. The Morgan fingerprint density at radius 1 is 1.23 bits per heavy atom. The minimum atomic E-state index is -3.70. The van der Waals surface area contributed by atoms with Crippen molar-refractivity contribution in [2.75, 3.05) is 13.2 Å². The van der Waals surface area contributed by atoms with Crippen molar-refractivity contribution in [1.82, 2.24) is 5.32 Å². The SMILES string of the molecule is CCOC(=O)NCC(c1ccco1)S(=O)(=O)c1ccccc1. The molecule has 2 rings (SSSR count). The van der Waals surface area contributed by atoms with Gasteiger partial charge in [0.1, 0.15) is 11.0 Å². The molecule has 22 heavy (non-hydrogen) atoms. The molecule has 1 atom stereocenters. The highest BCUT2D eigenvalue weighted by molar-refractivity contribution is 7.91. The van der Waals surface area contributed by atoms with E-state index in [1.54, 1.807) is 37.3 Å². The second kappa shape index (κ2) is 7.13. The van der Waals surface area contributed by atoms with Gasteiger partial charge in [-0.25, -0.2) is 13.2 Å². The van der Waals surface area contributed by atoms with E-state index in [1.807, 2.05) is 0 Å². The number of nitrogens with one attached hydrogen (secondary N) is 1. The third-order valence-corrected chi connectivity index (χ3v) is 5.09. The third kappa shape index (κ3) is 3.67. The molecule has 0 saturated carbocycles. The van der Waals surface area contributed by atoms with Gasteiger partial charge in [-0.15, -0.1) is 0 Å². The van der Waals surface area contributed by atoms with Crippen LogP contribution in [0, 0.1) is 0 Å². The fraction of sp³-hybridized carbons (Fsp3) is 0.267. The summed E-state index contributed by atoms with van der Waals surface area (Å²) < 4.78 is 35.5. The van der Waals surface area contributed by atoms with Crippen LogP contribution in [0.3, 0.4) is 0 Å². The molecule has 1 N–H and O–H groups in total. The van der Waals surface area contributed by atoms with Gasteiger partial charge in [-0.05, 0) is 31.2 Å². The van der Waals surface area contributed by atoms with E-state index in [4.69, 9.17) is 9.15 Å². The maximum absolute atomic E-state index is 12.7. The lowest BCUT2D eigenvalue weighted by Gasteiger charge is -2.16. The van der Waals surface area contributed by atoms with Crippen molar-refractivity contribution in [1.29, 1.82) is 0 Å². The largest absolute Gasteiger partial charge is 0.468 e. The van der Waals surface area contributed by atoms with Crippen molar-refractivity contribution in [2.24, 2.45) is 0 Å². The number of amides is 1. The van der Waals surface area contributed by atoms with E-state index in [2.05, 4.69) is 5.32 Å². The van der Waals surface area contributed by atoms with Crippen LogP contribution in [-0.2, 0) is 14.6 Å². The minimum absolute atomic E-state index is 0.135. The smallest absolute Gasteiger partial charge is 0.407 e. The average molecular weight is 323 g/mol. The second-order valence-corrected chi connectivity index (χ2v) is 6.59. The molecule has 0 fully saturated rings. The van der Waals surface area contributed by atoms with Crippen molar-refractivity contribution in [3.8, 4) is 0 Å². The number of carbonyl (C=O) groups excluding carboxylic acids is 1. The minimum Gasteiger partial charge on any atom is -0.468 e. The molecule has 1 amide bonds. The molecule has 118 valence electrons. The predicted octanol–water partition coefficient (Wildman–Crippen LogP) is 2.54. The van der Waals surface area contributed by atoms with Crippen LogP contribution in [0.4, 0.5) is 4.79 Å². The molecule has 1 aromatic heterocycles. The van der Waals surface area contributed by atoms with Gasteiger partial charge in [-0.1, -0.05) is 18.2 Å². The summed E-state index contributed by atoms with van der Waals surface area (Å²) in [5, 5.41) is 1.43. The molecule has 0 radical (unpaired) electrons. The van der Waals surface area contributed by atoms with E-state index in [-0.39, 0.29) is 23.8 Å². The summed E-state index contributed by atoms with van der Waals surface area (Å²) >= 11 is 0. The number of alkyl carbamates (subject to hydrolysis) is 1. The normalized spacial score (nSPS) is 12.6. The van der Waals surface area contributed by atoms with Gasteiger partial charge in [0, 0.05) is 6.54 Å². The molecule has 1 heterocycles. The van der Waals surface area contributed by atoms with Crippen LogP contribution in [0.2, 0.25) is 0 Å². The Labute approximate surface area is 129 Å². The lowest BCUT2D eigenvalue weighted by Crippen LogP contribution is -2.32. The van der Waals surface area contributed by atoms with Crippen molar-refractivity contribution >= 4 is 15.9 Å². The van der Waals surface area contributed by atoms with Crippen LogP contribution in [0.5, 0.6) is 0 Å². The molecule has 7 heteroatoms. The Kier molecular flexibility index (Phi) is 5.21. The van der Waals surface area contributed by atoms with E-state index in [1.165, 1.54) is 18.4 Å². The zero-order valence-corrected chi connectivity index (χ0v) is 12.9.